The highest BCUT2D eigenvalue weighted by molar-refractivity contribution is 14.1. The monoisotopic (exact) mass is 769 g/mol. The number of amides is 1. The van der Waals surface area contributed by atoms with Gasteiger partial charge < -0.3 is 14.8 Å². The molecular formula is C29H29I2N3O6. The topological polar surface area (TPSA) is 123 Å². The van der Waals surface area contributed by atoms with Crippen molar-refractivity contribution in [2.24, 2.45) is 4.99 Å². The van der Waals surface area contributed by atoms with E-state index in [2.05, 4.69) is 13.8 Å². The second-order valence-corrected chi connectivity index (χ2v) is 11.7. The normalized spacial score (nSPS) is 17.4. The molecule has 1 unspecified atom stereocenters. The second-order valence-electron chi connectivity index (χ2n) is 10.0. The molecular weight excluding hydrogens is 740 g/mol. The Balaban J connectivity index is 1.36. The van der Waals surface area contributed by atoms with Crippen molar-refractivity contribution in [1.29, 1.82) is 0 Å². The fourth-order valence-corrected chi connectivity index (χ4v) is 6.08. The molecule has 2 N–H and O–H groups in total. The number of aliphatic imine (C=N–C) groups is 1. The van der Waals surface area contributed by atoms with E-state index in [1.807, 2.05) is 61.0 Å². The number of nitrogens with zero attached hydrogens (tertiary/aromatic N) is 1. The maximum absolute atomic E-state index is 13.4. The molecule has 210 valence electrons. The second kappa shape index (κ2) is 13.3. The lowest BCUT2D eigenvalue weighted by atomic mass is 9.82. The molecule has 2 aromatic rings. The van der Waals surface area contributed by atoms with E-state index < -0.39 is 5.97 Å². The van der Waals surface area contributed by atoms with Crippen molar-refractivity contribution < 1.29 is 28.7 Å². The summed E-state index contributed by atoms with van der Waals surface area (Å²) in [5, 5.41) is 2.68. The molecule has 1 amide bonds. The quantitative estimate of drug-likeness (QED) is 0.115. The van der Waals surface area contributed by atoms with Gasteiger partial charge in [-0.2, -0.15) is 0 Å². The van der Waals surface area contributed by atoms with Gasteiger partial charge in [0.2, 0.25) is 15.5 Å². The van der Waals surface area contributed by atoms with Crippen LogP contribution in [0.3, 0.4) is 0 Å². The fourth-order valence-electron chi connectivity index (χ4n) is 4.42. The van der Waals surface area contributed by atoms with Gasteiger partial charge in [0, 0.05) is 68.6 Å². The van der Waals surface area contributed by atoms with Crippen LogP contribution in [0.5, 0.6) is 0 Å². The van der Waals surface area contributed by atoms with Crippen LogP contribution in [0.1, 0.15) is 61.0 Å². The Bertz CT molecular complexity index is 1380. The Labute approximate surface area is 260 Å². The van der Waals surface area contributed by atoms with Crippen molar-refractivity contribution >= 4 is 84.1 Å². The molecule has 2 aliphatic rings. The predicted molar refractivity (Wildman–Crippen MR) is 168 cm³/mol. The van der Waals surface area contributed by atoms with E-state index in [4.69, 9.17) is 9.47 Å². The van der Waals surface area contributed by atoms with E-state index in [9.17, 15) is 19.2 Å². The minimum absolute atomic E-state index is 0.00934. The molecule has 11 heteroatoms. The number of halogens is 2. The molecule has 9 nitrogen and oxygen atoms in total. The first-order valence-electron chi connectivity index (χ1n) is 12.8. The Morgan fingerprint density at radius 3 is 2.48 bits per heavy atom. The molecule has 1 aliphatic heterocycles. The Morgan fingerprint density at radius 1 is 1.10 bits per heavy atom. The lowest BCUT2D eigenvalue weighted by molar-refractivity contribution is -0.121. The SMILES string of the molecule is CC1(C)CCC2=C(O1)c1ccccc1C(=Nc1ccc(C(=O)OCCNC(=O)CCC(NI)C(=O)I)cc1)C2=O. The molecule has 0 saturated heterocycles. The summed E-state index contributed by atoms with van der Waals surface area (Å²) in [5.74, 6) is -0.257. The third-order valence-electron chi connectivity index (χ3n) is 6.61. The van der Waals surface area contributed by atoms with Gasteiger partial charge in [-0.1, -0.05) is 24.3 Å². The number of rotatable bonds is 10. The van der Waals surface area contributed by atoms with Gasteiger partial charge in [0.25, 0.3) is 0 Å². The molecule has 0 aromatic heterocycles. The highest BCUT2D eigenvalue weighted by Gasteiger charge is 2.38. The number of allylic oxidation sites excluding steroid dienone is 1. The Kier molecular flexibility index (Phi) is 10.1. The summed E-state index contributed by atoms with van der Waals surface area (Å²) in [6.45, 7) is 4.22. The molecule has 2 aromatic carbocycles. The molecule has 1 aliphatic carbocycles. The average Bonchev–Trinajstić information content (AvgIpc) is 2.93. The lowest BCUT2D eigenvalue weighted by Gasteiger charge is -2.36. The zero-order valence-electron chi connectivity index (χ0n) is 22.1. The number of esters is 1. The third kappa shape index (κ3) is 7.35. The molecule has 0 radical (unpaired) electrons. The average molecular weight is 769 g/mol. The number of ketones is 1. The van der Waals surface area contributed by atoms with Gasteiger partial charge in [-0.25, -0.2) is 13.3 Å². The van der Waals surface area contributed by atoms with Gasteiger partial charge >= 0.3 is 5.97 Å². The number of ether oxygens (including phenoxy) is 2. The summed E-state index contributed by atoms with van der Waals surface area (Å²) >= 11 is 3.59. The number of fused-ring (bicyclic) bond motifs is 2. The summed E-state index contributed by atoms with van der Waals surface area (Å²) in [6, 6.07) is 13.7. The molecule has 0 saturated carbocycles. The van der Waals surface area contributed by atoms with Crippen LogP contribution in [0.15, 0.2) is 59.1 Å². The first-order chi connectivity index (χ1) is 19.1. The van der Waals surface area contributed by atoms with Gasteiger partial charge in [0.1, 0.15) is 23.7 Å². The summed E-state index contributed by atoms with van der Waals surface area (Å²) in [5.41, 5.74) is 3.09. The molecule has 1 atom stereocenters. The van der Waals surface area contributed by atoms with Crippen LogP contribution in [0.2, 0.25) is 0 Å². The van der Waals surface area contributed by atoms with Gasteiger partial charge in [0.05, 0.1) is 23.8 Å². The number of Topliss-reactive ketones (excluding diaryl/α,β-unsaturated/α-hetero) is 1. The van der Waals surface area contributed by atoms with Crippen LogP contribution in [0.4, 0.5) is 5.69 Å². The summed E-state index contributed by atoms with van der Waals surface area (Å²) in [6.07, 6.45) is 1.93. The van der Waals surface area contributed by atoms with E-state index in [0.29, 0.717) is 41.1 Å². The number of hydrogen-bond donors (Lipinski definition) is 2. The predicted octanol–water partition coefficient (Wildman–Crippen LogP) is 5.01. The van der Waals surface area contributed by atoms with Crippen molar-refractivity contribution in [3.05, 3.63) is 70.8 Å². The number of carbonyl (C=O) groups is 4. The van der Waals surface area contributed by atoms with Crippen LogP contribution < -0.4 is 8.85 Å². The fraction of sp³-hybridized carbons (Fsp3) is 0.345. The van der Waals surface area contributed by atoms with Crippen LogP contribution >= 0.6 is 45.5 Å². The Hall–Kier alpha value is -2.65. The van der Waals surface area contributed by atoms with Crippen molar-refractivity contribution in [3.63, 3.8) is 0 Å². The number of nitrogens with one attached hydrogen (secondary N) is 2. The molecule has 0 bridgehead atoms. The van der Waals surface area contributed by atoms with Crippen LogP contribution in [0, 0.1) is 0 Å². The van der Waals surface area contributed by atoms with Crippen molar-refractivity contribution in [1.82, 2.24) is 8.85 Å². The Morgan fingerprint density at radius 2 is 1.80 bits per heavy atom. The zero-order chi connectivity index (χ0) is 28.9. The minimum atomic E-state index is -0.533. The van der Waals surface area contributed by atoms with E-state index in [0.717, 1.165) is 17.5 Å². The standard InChI is InChI=1S/C29H29I2N3O6/c1-29(2)14-13-21-25(36)24(19-5-3-4-6-20(19)26(21)40-29)33-18-9-7-17(8-10-18)28(38)39-16-15-32-23(35)12-11-22(34-31)27(30)37/h3-10,22,34H,11-16H2,1-2H3,(H,32,35). The summed E-state index contributed by atoms with van der Waals surface area (Å²) < 4.78 is 14.3. The minimum Gasteiger partial charge on any atom is -0.487 e. The van der Waals surface area contributed by atoms with Gasteiger partial charge in [0.15, 0.2) is 0 Å². The largest absolute Gasteiger partial charge is 0.487 e. The van der Waals surface area contributed by atoms with E-state index in [-0.39, 0.29) is 46.7 Å². The summed E-state index contributed by atoms with van der Waals surface area (Å²) in [4.78, 5) is 53.9. The van der Waals surface area contributed by atoms with Crippen molar-refractivity contribution in [2.75, 3.05) is 13.2 Å². The van der Waals surface area contributed by atoms with Gasteiger partial charge in [-0.05, 0) is 57.4 Å². The highest BCUT2D eigenvalue weighted by atomic mass is 127. The maximum atomic E-state index is 13.4. The highest BCUT2D eigenvalue weighted by Crippen LogP contribution is 2.41. The van der Waals surface area contributed by atoms with E-state index in [1.165, 1.54) is 0 Å². The number of hydrogen-bond acceptors (Lipinski definition) is 8. The zero-order valence-corrected chi connectivity index (χ0v) is 26.4. The van der Waals surface area contributed by atoms with Crippen LogP contribution in [0.25, 0.3) is 5.76 Å². The van der Waals surface area contributed by atoms with Gasteiger partial charge in [-0.3, -0.25) is 14.4 Å². The first kappa shape index (κ1) is 30.3. The maximum Gasteiger partial charge on any atom is 0.338 e. The van der Waals surface area contributed by atoms with Crippen molar-refractivity contribution in [3.8, 4) is 0 Å². The smallest absolute Gasteiger partial charge is 0.338 e. The van der Waals surface area contributed by atoms with E-state index in [1.54, 1.807) is 46.9 Å². The summed E-state index contributed by atoms with van der Waals surface area (Å²) in [7, 11) is 0. The van der Waals surface area contributed by atoms with E-state index >= 15 is 0 Å². The number of carbonyl (C=O) groups excluding carboxylic acids is 4. The molecule has 0 spiro atoms. The van der Waals surface area contributed by atoms with Crippen LogP contribution in [-0.4, -0.2) is 52.0 Å². The molecule has 40 heavy (non-hydrogen) atoms. The third-order valence-corrected chi connectivity index (χ3v) is 8.12. The molecule has 0 fully saturated rings. The molecule has 1 heterocycles. The lowest BCUT2D eigenvalue weighted by Crippen LogP contribution is -2.34. The first-order valence-corrected chi connectivity index (χ1v) is 15.0. The van der Waals surface area contributed by atoms with Crippen molar-refractivity contribution in [2.45, 2.75) is 51.2 Å². The molecule has 4 rings (SSSR count). The van der Waals surface area contributed by atoms with Crippen LogP contribution in [-0.2, 0) is 23.9 Å². The number of benzene rings is 2. The van der Waals surface area contributed by atoms with Gasteiger partial charge in [-0.15, -0.1) is 0 Å².